The van der Waals surface area contributed by atoms with E-state index >= 15 is 0 Å². The topological polar surface area (TPSA) is 42.0 Å². The third kappa shape index (κ3) is 4.57. The first-order valence-electron chi connectivity index (χ1n) is 7.56. The van der Waals surface area contributed by atoms with Crippen LogP contribution in [0.1, 0.15) is 37.4 Å². The molecule has 0 spiro atoms. The number of pyridine rings is 1. The lowest BCUT2D eigenvalue weighted by atomic mass is 9.92. The maximum Gasteiger partial charge on any atom is 0.228 e. The molecule has 0 radical (unpaired) electrons. The lowest BCUT2D eigenvalue weighted by Gasteiger charge is -2.20. The van der Waals surface area contributed by atoms with Gasteiger partial charge in [-0.15, -0.1) is 0 Å². The molecule has 0 aliphatic rings. The first-order chi connectivity index (χ1) is 10.6. The number of benzene rings is 1. The van der Waals surface area contributed by atoms with Crippen molar-refractivity contribution in [2.24, 2.45) is 0 Å². The number of nitrogens with zero attached hydrogens (tertiary/aromatic N) is 1. The van der Waals surface area contributed by atoms with Crippen molar-refractivity contribution in [3.63, 3.8) is 0 Å². The van der Waals surface area contributed by atoms with Gasteiger partial charge in [0, 0.05) is 29.4 Å². The summed E-state index contributed by atoms with van der Waals surface area (Å²) >= 11 is 5.95. The number of carbonyl (C=O) groups excluding carboxylic acids is 1. The third-order valence-electron chi connectivity index (χ3n) is 3.73. The Morgan fingerprint density at radius 3 is 2.55 bits per heavy atom. The fourth-order valence-electron chi connectivity index (χ4n) is 2.23. The van der Waals surface area contributed by atoms with E-state index in [1.807, 2.05) is 49.4 Å². The summed E-state index contributed by atoms with van der Waals surface area (Å²) in [5.41, 5.74) is 1.86. The Labute approximate surface area is 136 Å². The predicted molar refractivity (Wildman–Crippen MR) is 90.0 cm³/mol. The molecule has 116 valence electrons. The zero-order valence-corrected chi connectivity index (χ0v) is 13.7. The van der Waals surface area contributed by atoms with E-state index in [1.165, 1.54) is 0 Å². The highest BCUT2D eigenvalue weighted by atomic mass is 35.5. The van der Waals surface area contributed by atoms with E-state index in [0.717, 1.165) is 17.7 Å². The maximum atomic E-state index is 12.6. The molecule has 1 N–H and O–H groups in total. The predicted octanol–water partition coefficient (Wildman–Crippen LogP) is 3.98. The maximum absolute atomic E-state index is 12.6. The van der Waals surface area contributed by atoms with E-state index in [4.69, 9.17) is 11.6 Å². The number of carbonyl (C=O) groups is 1. The molecule has 1 aromatic heterocycles. The second-order valence-corrected chi connectivity index (χ2v) is 5.88. The molecule has 1 aromatic carbocycles. The molecule has 1 amide bonds. The van der Waals surface area contributed by atoms with Crippen LogP contribution in [-0.4, -0.2) is 16.9 Å². The highest BCUT2D eigenvalue weighted by molar-refractivity contribution is 6.30. The molecule has 2 unspecified atom stereocenters. The van der Waals surface area contributed by atoms with Gasteiger partial charge in [-0.05, 0) is 43.2 Å². The van der Waals surface area contributed by atoms with E-state index in [0.29, 0.717) is 11.4 Å². The fraction of sp³-hybridized carbons (Fsp3) is 0.333. The Hall–Kier alpha value is -1.87. The van der Waals surface area contributed by atoms with Gasteiger partial charge in [0.2, 0.25) is 5.91 Å². The van der Waals surface area contributed by atoms with Gasteiger partial charge in [0.15, 0.2) is 0 Å². The van der Waals surface area contributed by atoms with Crippen molar-refractivity contribution >= 4 is 17.5 Å². The average Bonchev–Trinajstić information content (AvgIpc) is 2.54. The van der Waals surface area contributed by atoms with Crippen molar-refractivity contribution < 1.29 is 4.79 Å². The number of aromatic nitrogens is 1. The summed E-state index contributed by atoms with van der Waals surface area (Å²) in [6.07, 6.45) is 3.23. The number of nitrogens with one attached hydrogen (secondary N) is 1. The van der Waals surface area contributed by atoms with Crippen LogP contribution in [0.15, 0.2) is 48.7 Å². The molecule has 4 heteroatoms. The highest BCUT2D eigenvalue weighted by Gasteiger charge is 2.22. The zero-order chi connectivity index (χ0) is 15.9. The molecule has 0 aliphatic heterocycles. The van der Waals surface area contributed by atoms with Crippen LogP contribution in [0, 0.1) is 0 Å². The lowest BCUT2D eigenvalue weighted by molar-refractivity contribution is -0.123. The Bertz CT molecular complexity index is 598. The van der Waals surface area contributed by atoms with E-state index in [2.05, 4.69) is 17.2 Å². The lowest BCUT2D eigenvalue weighted by Crippen LogP contribution is -2.36. The largest absolute Gasteiger partial charge is 0.353 e. The smallest absolute Gasteiger partial charge is 0.228 e. The third-order valence-corrected chi connectivity index (χ3v) is 3.98. The zero-order valence-electron chi connectivity index (χ0n) is 12.9. The first kappa shape index (κ1) is 16.5. The first-order valence-corrected chi connectivity index (χ1v) is 7.93. The van der Waals surface area contributed by atoms with Gasteiger partial charge in [-0.25, -0.2) is 0 Å². The molecule has 0 saturated heterocycles. The minimum absolute atomic E-state index is 0.0299. The van der Waals surface area contributed by atoms with Crippen LogP contribution in [-0.2, 0) is 11.2 Å². The quantitative estimate of drug-likeness (QED) is 0.876. The van der Waals surface area contributed by atoms with Gasteiger partial charge in [0.1, 0.15) is 0 Å². The number of hydrogen-bond donors (Lipinski definition) is 1. The highest BCUT2D eigenvalue weighted by Crippen LogP contribution is 2.22. The monoisotopic (exact) mass is 316 g/mol. The normalized spacial score (nSPS) is 13.4. The molecule has 2 aromatic rings. The molecule has 2 rings (SSSR count). The van der Waals surface area contributed by atoms with Gasteiger partial charge in [0.05, 0.1) is 5.92 Å². The van der Waals surface area contributed by atoms with Crippen molar-refractivity contribution in [3.05, 3.63) is 64.9 Å². The van der Waals surface area contributed by atoms with Crippen LogP contribution in [0.3, 0.4) is 0 Å². The molecule has 0 aliphatic carbocycles. The van der Waals surface area contributed by atoms with E-state index in [1.54, 1.807) is 6.20 Å². The molecule has 2 atom stereocenters. The van der Waals surface area contributed by atoms with Crippen LogP contribution >= 0.6 is 11.6 Å². The summed E-state index contributed by atoms with van der Waals surface area (Å²) in [4.78, 5) is 17.0. The van der Waals surface area contributed by atoms with Gasteiger partial charge < -0.3 is 5.32 Å². The molecule has 0 saturated carbocycles. The molecule has 3 nitrogen and oxygen atoms in total. The summed E-state index contributed by atoms with van der Waals surface area (Å²) in [6, 6.07) is 13.4. The number of halogens is 1. The molecule has 0 bridgehead atoms. The number of hydrogen-bond acceptors (Lipinski definition) is 2. The molecule has 22 heavy (non-hydrogen) atoms. The molecule has 0 fully saturated rings. The van der Waals surface area contributed by atoms with E-state index < -0.39 is 0 Å². The summed E-state index contributed by atoms with van der Waals surface area (Å²) < 4.78 is 0. The van der Waals surface area contributed by atoms with Crippen LogP contribution in [0.4, 0.5) is 0 Å². The Kier molecular flexibility index (Phi) is 5.96. The van der Waals surface area contributed by atoms with Gasteiger partial charge in [0.25, 0.3) is 0 Å². The van der Waals surface area contributed by atoms with Crippen LogP contribution < -0.4 is 5.32 Å². The van der Waals surface area contributed by atoms with Gasteiger partial charge >= 0.3 is 0 Å². The van der Waals surface area contributed by atoms with Gasteiger partial charge in [-0.3, -0.25) is 9.78 Å². The van der Waals surface area contributed by atoms with Crippen molar-refractivity contribution in [2.75, 3.05) is 0 Å². The Balaban J connectivity index is 2.23. The summed E-state index contributed by atoms with van der Waals surface area (Å²) in [5, 5.41) is 3.73. The Morgan fingerprint density at radius 1 is 1.23 bits per heavy atom. The van der Waals surface area contributed by atoms with Gasteiger partial charge in [-0.1, -0.05) is 36.7 Å². The molecular formula is C18H21ClN2O. The molecule has 1 heterocycles. The van der Waals surface area contributed by atoms with Crippen molar-refractivity contribution in [3.8, 4) is 0 Å². The van der Waals surface area contributed by atoms with Crippen LogP contribution in [0.2, 0.25) is 5.02 Å². The standard InChI is InChI=1S/C18H21ClN2O/c1-3-13(2)21-18(22)17(12-16-6-4-5-11-20-16)14-7-9-15(19)10-8-14/h4-11,13,17H,3,12H2,1-2H3,(H,21,22). The van der Waals surface area contributed by atoms with Crippen molar-refractivity contribution in [1.82, 2.24) is 10.3 Å². The minimum atomic E-state index is -0.263. The minimum Gasteiger partial charge on any atom is -0.353 e. The second kappa shape index (κ2) is 7.95. The fourth-order valence-corrected chi connectivity index (χ4v) is 2.36. The van der Waals surface area contributed by atoms with Gasteiger partial charge in [-0.2, -0.15) is 0 Å². The van der Waals surface area contributed by atoms with Crippen molar-refractivity contribution in [2.45, 2.75) is 38.6 Å². The van der Waals surface area contributed by atoms with Crippen molar-refractivity contribution in [1.29, 1.82) is 0 Å². The summed E-state index contributed by atoms with van der Waals surface area (Å²) in [6.45, 7) is 4.07. The SMILES string of the molecule is CCC(C)NC(=O)C(Cc1ccccn1)c1ccc(Cl)cc1. The summed E-state index contributed by atoms with van der Waals surface area (Å²) in [7, 11) is 0. The van der Waals surface area contributed by atoms with E-state index in [-0.39, 0.29) is 17.9 Å². The average molecular weight is 317 g/mol. The number of rotatable bonds is 6. The number of amides is 1. The summed E-state index contributed by atoms with van der Waals surface area (Å²) in [5.74, 6) is -0.233. The van der Waals surface area contributed by atoms with E-state index in [9.17, 15) is 4.79 Å². The van der Waals surface area contributed by atoms with Crippen LogP contribution in [0.5, 0.6) is 0 Å². The second-order valence-electron chi connectivity index (χ2n) is 5.45. The van der Waals surface area contributed by atoms with Crippen LogP contribution in [0.25, 0.3) is 0 Å². The Morgan fingerprint density at radius 2 is 1.95 bits per heavy atom. The molecular weight excluding hydrogens is 296 g/mol.